The minimum absolute atomic E-state index is 0. The molecule has 0 radical (unpaired) electrons. The number of nitrogens with one attached hydrogen (secondary N) is 3. The average Bonchev–Trinajstić information content (AvgIpc) is 2.59. The van der Waals surface area contributed by atoms with Crippen LogP contribution in [0.25, 0.3) is 0 Å². The minimum Gasteiger partial charge on any atom is -0.491 e. The van der Waals surface area contributed by atoms with Crippen molar-refractivity contribution in [2.75, 3.05) is 26.7 Å². The summed E-state index contributed by atoms with van der Waals surface area (Å²) < 4.78 is 10.8. The molecule has 0 saturated carbocycles. The van der Waals surface area contributed by atoms with Gasteiger partial charge in [0.15, 0.2) is 5.96 Å². The van der Waals surface area contributed by atoms with Gasteiger partial charge in [-0.2, -0.15) is 0 Å². The number of carbonyl (C=O) groups is 1. The lowest BCUT2D eigenvalue weighted by Crippen LogP contribution is -2.40. The number of guanidine groups is 1. The van der Waals surface area contributed by atoms with Crippen LogP contribution in [0.4, 0.5) is 4.79 Å². The fourth-order valence-corrected chi connectivity index (χ4v) is 2.35. The summed E-state index contributed by atoms with van der Waals surface area (Å²) in [5, 5.41) is 9.27. The zero-order valence-electron chi connectivity index (χ0n) is 18.5. The Morgan fingerprint density at radius 1 is 1.03 bits per heavy atom. The van der Waals surface area contributed by atoms with E-state index < -0.39 is 5.60 Å². The lowest BCUT2D eigenvalue weighted by atomic mass is 10.1. The number of hydrogen-bond acceptors (Lipinski definition) is 4. The highest BCUT2D eigenvalue weighted by Crippen LogP contribution is 2.13. The lowest BCUT2D eigenvalue weighted by molar-refractivity contribution is 0.0527. The molecular formula is C21H37IN4O3. The van der Waals surface area contributed by atoms with Gasteiger partial charge in [-0.1, -0.05) is 12.1 Å². The third-order valence-corrected chi connectivity index (χ3v) is 3.54. The maximum absolute atomic E-state index is 11.6. The van der Waals surface area contributed by atoms with E-state index >= 15 is 0 Å². The summed E-state index contributed by atoms with van der Waals surface area (Å²) in [6, 6.07) is 8.16. The number of benzene rings is 1. The van der Waals surface area contributed by atoms with Gasteiger partial charge in [0, 0.05) is 26.7 Å². The van der Waals surface area contributed by atoms with Crippen LogP contribution in [0.1, 0.15) is 46.6 Å². The number of ether oxygens (including phenoxy) is 2. The zero-order valence-corrected chi connectivity index (χ0v) is 20.8. The van der Waals surface area contributed by atoms with E-state index in [1.165, 1.54) is 5.56 Å². The van der Waals surface area contributed by atoms with Crippen LogP contribution in [0.15, 0.2) is 29.3 Å². The first kappa shape index (κ1) is 27.3. The largest absolute Gasteiger partial charge is 0.491 e. The summed E-state index contributed by atoms with van der Waals surface area (Å²) in [7, 11) is 1.74. The van der Waals surface area contributed by atoms with Gasteiger partial charge in [0.05, 0.1) is 6.10 Å². The lowest BCUT2D eigenvalue weighted by Gasteiger charge is -2.19. The van der Waals surface area contributed by atoms with Crippen molar-refractivity contribution in [1.29, 1.82) is 0 Å². The number of amides is 1. The Morgan fingerprint density at radius 2 is 1.62 bits per heavy atom. The molecular weight excluding hydrogens is 483 g/mol. The molecule has 1 amide bonds. The minimum atomic E-state index is -0.476. The van der Waals surface area contributed by atoms with Gasteiger partial charge in [0.2, 0.25) is 0 Å². The van der Waals surface area contributed by atoms with Crippen LogP contribution in [-0.2, 0) is 11.2 Å². The highest BCUT2D eigenvalue weighted by Gasteiger charge is 2.15. The van der Waals surface area contributed by atoms with Crippen molar-refractivity contribution >= 4 is 36.0 Å². The first-order chi connectivity index (χ1) is 13.2. The molecule has 0 aliphatic rings. The van der Waals surface area contributed by atoms with Crippen molar-refractivity contribution in [3.05, 3.63) is 29.8 Å². The molecule has 0 aliphatic heterocycles. The van der Waals surface area contributed by atoms with E-state index in [9.17, 15) is 4.79 Å². The van der Waals surface area contributed by atoms with E-state index in [1.807, 2.05) is 46.8 Å². The molecule has 1 aromatic rings. The maximum Gasteiger partial charge on any atom is 0.407 e. The molecule has 0 unspecified atom stereocenters. The molecule has 3 N–H and O–H groups in total. The normalized spacial score (nSPS) is 11.5. The Morgan fingerprint density at radius 3 is 2.17 bits per heavy atom. The van der Waals surface area contributed by atoms with Gasteiger partial charge in [-0.15, -0.1) is 24.0 Å². The summed E-state index contributed by atoms with van der Waals surface area (Å²) in [5.41, 5.74) is 0.761. The molecule has 0 fully saturated rings. The first-order valence-corrected chi connectivity index (χ1v) is 9.86. The SMILES string of the molecule is CN=C(NCCCNC(=O)OC(C)(C)C)NCCc1ccc(OC(C)C)cc1.I. The van der Waals surface area contributed by atoms with Gasteiger partial charge in [0.1, 0.15) is 11.4 Å². The average molecular weight is 520 g/mol. The fraction of sp³-hybridized carbons (Fsp3) is 0.619. The third-order valence-electron chi connectivity index (χ3n) is 3.54. The van der Waals surface area contributed by atoms with Gasteiger partial charge in [0.25, 0.3) is 0 Å². The van der Waals surface area contributed by atoms with Crippen LogP contribution >= 0.6 is 24.0 Å². The number of rotatable bonds is 9. The Bertz CT molecular complexity index is 613. The molecule has 8 heteroatoms. The fourth-order valence-electron chi connectivity index (χ4n) is 2.35. The quantitative estimate of drug-likeness (QED) is 0.200. The molecule has 1 rings (SSSR count). The predicted octanol–water partition coefficient (Wildman–Crippen LogP) is 3.71. The van der Waals surface area contributed by atoms with Crippen LogP contribution in [-0.4, -0.2) is 50.4 Å². The molecule has 0 aromatic heterocycles. The summed E-state index contributed by atoms with van der Waals surface area (Å²) >= 11 is 0. The number of halogens is 1. The smallest absolute Gasteiger partial charge is 0.407 e. The highest BCUT2D eigenvalue weighted by atomic mass is 127. The zero-order chi connectivity index (χ0) is 21.0. The number of hydrogen-bond donors (Lipinski definition) is 3. The van der Waals surface area contributed by atoms with E-state index in [4.69, 9.17) is 9.47 Å². The molecule has 7 nitrogen and oxygen atoms in total. The molecule has 166 valence electrons. The van der Waals surface area contributed by atoms with Crippen molar-refractivity contribution in [3.8, 4) is 5.75 Å². The second-order valence-corrected chi connectivity index (χ2v) is 7.77. The van der Waals surface area contributed by atoms with Crippen LogP contribution < -0.4 is 20.7 Å². The predicted molar refractivity (Wildman–Crippen MR) is 130 cm³/mol. The van der Waals surface area contributed by atoms with Crippen molar-refractivity contribution in [2.24, 2.45) is 4.99 Å². The number of carbonyl (C=O) groups excluding carboxylic acids is 1. The molecule has 0 spiro atoms. The van der Waals surface area contributed by atoms with E-state index in [0.29, 0.717) is 13.1 Å². The van der Waals surface area contributed by atoms with Crippen LogP contribution in [0.2, 0.25) is 0 Å². The third kappa shape index (κ3) is 14.0. The Labute approximate surface area is 192 Å². The van der Waals surface area contributed by atoms with Gasteiger partial charge in [-0.05, 0) is 65.2 Å². The molecule has 0 atom stereocenters. The van der Waals surface area contributed by atoms with Crippen LogP contribution in [0.5, 0.6) is 5.75 Å². The Kier molecular flexibility index (Phi) is 13.5. The van der Waals surface area contributed by atoms with Gasteiger partial charge < -0.3 is 25.4 Å². The summed E-state index contributed by atoms with van der Waals surface area (Å²) in [6.07, 6.45) is 1.46. The van der Waals surface area contributed by atoms with Gasteiger partial charge >= 0.3 is 6.09 Å². The monoisotopic (exact) mass is 520 g/mol. The number of nitrogens with zero attached hydrogens (tertiary/aromatic N) is 1. The molecule has 0 bridgehead atoms. The van der Waals surface area contributed by atoms with Crippen molar-refractivity contribution in [2.45, 2.75) is 59.2 Å². The Balaban J connectivity index is 0.00000784. The van der Waals surface area contributed by atoms with E-state index in [2.05, 4.69) is 33.1 Å². The number of aliphatic imine (C=N–C) groups is 1. The second-order valence-electron chi connectivity index (χ2n) is 7.77. The van der Waals surface area contributed by atoms with Crippen molar-refractivity contribution in [3.63, 3.8) is 0 Å². The van der Waals surface area contributed by atoms with E-state index in [0.717, 1.165) is 31.1 Å². The Hall–Kier alpha value is -1.71. The standard InChI is InChI=1S/C21H36N4O3.HI/c1-16(2)27-18-10-8-17(9-11-18)12-15-24-19(22-6)23-13-7-14-25-20(26)28-21(3,4)5;/h8-11,16H,7,12-15H2,1-6H3,(H,25,26)(H2,22,23,24);1H. The number of alkyl carbamates (subject to hydrolysis) is 1. The maximum atomic E-state index is 11.6. The molecule has 29 heavy (non-hydrogen) atoms. The molecule has 1 aromatic carbocycles. The molecule has 0 aliphatic carbocycles. The summed E-state index contributed by atoms with van der Waals surface area (Å²) in [4.78, 5) is 15.8. The molecule has 0 saturated heterocycles. The summed E-state index contributed by atoms with van der Waals surface area (Å²) in [6.45, 7) is 11.6. The van der Waals surface area contributed by atoms with Crippen molar-refractivity contribution < 1.29 is 14.3 Å². The van der Waals surface area contributed by atoms with Crippen LogP contribution in [0.3, 0.4) is 0 Å². The van der Waals surface area contributed by atoms with Crippen LogP contribution in [0, 0.1) is 0 Å². The van der Waals surface area contributed by atoms with Crippen molar-refractivity contribution in [1.82, 2.24) is 16.0 Å². The van der Waals surface area contributed by atoms with Gasteiger partial charge in [-0.3, -0.25) is 4.99 Å². The highest BCUT2D eigenvalue weighted by molar-refractivity contribution is 14.0. The first-order valence-electron chi connectivity index (χ1n) is 9.86. The van der Waals surface area contributed by atoms with E-state index in [-0.39, 0.29) is 36.2 Å². The molecule has 0 heterocycles. The van der Waals surface area contributed by atoms with E-state index in [1.54, 1.807) is 7.05 Å². The topological polar surface area (TPSA) is 84.0 Å². The second kappa shape index (κ2) is 14.3. The van der Waals surface area contributed by atoms with Gasteiger partial charge in [-0.25, -0.2) is 4.79 Å². The summed E-state index contributed by atoms with van der Waals surface area (Å²) in [5.74, 6) is 1.64.